The van der Waals surface area contributed by atoms with Gasteiger partial charge in [-0.3, -0.25) is 19.1 Å². The fourth-order valence-corrected chi connectivity index (χ4v) is 8.21. The van der Waals surface area contributed by atoms with Crippen molar-refractivity contribution in [2.45, 2.75) is 126 Å². The number of carbonyl (C=O) groups is 4. The van der Waals surface area contributed by atoms with E-state index in [1.165, 1.54) is 6.92 Å². The summed E-state index contributed by atoms with van der Waals surface area (Å²) in [5, 5.41) is 4.86. The van der Waals surface area contributed by atoms with Gasteiger partial charge in [0, 0.05) is 18.5 Å². The highest BCUT2D eigenvalue weighted by atomic mass is 32.2. The predicted molar refractivity (Wildman–Crippen MR) is 182 cm³/mol. The van der Waals surface area contributed by atoms with Crippen LogP contribution >= 0.6 is 0 Å². The van der Waals surface area contributed by atoms with E-state index < -0.39 is 117 Å². The number of sulfonamides is 1. The molecule has 0 spiro atoms. The topological polar surface area (TPSA) is 173 Å². The maximum atomic E-state index is 14.5. The maximum Gasteiger partial charge on any atom is 0.427 e. The number of amides is 4. The van der Waals surface area contributed by atoms with Crippen LogP contribution in [0.1, 0.15) is 85.1 Å². The van der Waals surface area contributed by atoms with Gasteiger partial charge in [0.15, 0.2) is 0 Å². The van der Waals surface area contributed by atoms with Crippen molar-refractivity contribution in [2.75, 3.05) is 6.54 Å². The Kier molecular flexibility index (Phi) is 11.3. The van der Waals surface area contributed by atoms with Gasteiger partial charge in [-0.15, -0.1) is 0 Å². The molecule has 3 fully saturated rings. The number of allylic oxidation sites excluding steroid dienone is 1. The Morgan fingerprint density at radius 1 is 1.07 bits per heavy atom. The molecule has 0 radical (unpaired) electrons. The molecule has 13 nitrogen and oxygen atoms in total. The van der Waals surface area contributed by atoms with Crippen LogP contribution in [0.5, 0.6) is 5.88 Å². The van der Waals surface area contributed by atoms with E-state index in [0.29, 0.717) is 39.5 Å². The second kappa shape index (κ2) is 14.8. The number of carbonyl (C=O) groups excluding carboxylic acids is 4. The molecule has 2 aliphatic carbocycles. The minimum Gasteiger partial charge on any atom is -0.472 e. The fraction of sp³-hybridized carbons (Fsp3) is 0.686. The molecule has 0 aromatic carbocycles. The van der Waals surface area contributed by atoms with Crippen LogP contribution < -0.4 is 20.1 Å². The van der Waals surface area contributed by atoms with E-state index in [1.54, 1.807) is 19.1 Å². The largest absolute Gasteiger partial charge is 0.472 e. The summed E-state index contributed by atoms with van der Waals surface area (Å²) in [6, 6.07) is -1.39. The van der Waals surface area contributed by atoms with Crippen LogP contribution in [-0.4, -0.2) is 88.9 Å². The standard InChI is InChI=1S/C35H45F6N5O8S/c1-19-9-6-7-10-21-17-33(21,29(49)45-55(51,52)32(5)12-13-32)44-26(47)24-16-22(53-27-23(34(36,37)38)11-8-14-42-27)18-46(24)28(48)25(20(2)15-19)43-30(50)54-31(3,4)35(39,40)41/h7-8,10-11,14,19-22,24-25H,6,9,12-13,15-18H2,1-5H3,(H,43,50)(H,44,47)(H,45,49)/b10-7-/t19-,20-,21-,22-,24+,25+,33-/m1/s1. The summed E-state index contributed by atoms with van der Waals surface area (Å²) < 4.78 is 120. The van der Waals surface area contributed by atoms with E-state index in [9.17, 15) is 53.9 Å². The molecular weight excluding hydrogens is 764 g/mol. The third-order valence-corrected chi connectivity index (χ3v) is 13.1. The third kappa shape index (κ3) is 8.98. The number of alkyl halides is 6. The molecule has 0 bridgehead atoms. The van der Waals surface area contributed by atoms with Crippen molar-refractivity contribution in [1.82, 2.24) is 25.2 Å². The van der Waals surface area contributed by atoms with Crippen LogP contribution in [0, 0.1) is 17.8 Å². The first-order valence-corrected chi connectivity index (χ1v) is 19.4. The van der Waals surface area contributed by atoms with Crippen LogP contribution in [0.2, 0.25) is 0 Å². The van der Waals surface area contributed by atoms with Gasteiger partial charge in [-0.25, -0.2) is 18.2 Å². The molecular formula is C35H45F6N5O8S. The molecule has 306 valence electrons. The number of alkyl carbamates (subject to hydrolysis) is 1. The van der Waals surface area contributed by atoms with Gasteiger partial charge < -0.3 is 25.0 Å². The number of ether oxygens (including phenoxy) is 2. The van der Waals surface area contributed by atoms with Crippen LogP contribution in [0.3, 0.4) is 0 Å². The molecule has 2 aliphatic heterocycles. The predicted octanol–water partition coefficient (Wildman–Crippen LogP) is 4.77. The summed E-state index contributed by atoms with van der Waals surface area (Å²) in [7, 11) is -4.15. The lowest BCUT2D eigenvalue weighted by Gasteiger charge is -2.34. The first-order valence-electron chi connectivity index (χ1n) is 17.9. The van der Waals surface area contributed by atoms with Gasteiger partial charge in [-0.1, -0.05) is 26.0 Å². The molecule has 7 atom stereocenters. The van der Waals surface area contributed by atoms with Gasteiger partial charge >= 0.3 is 18.4 Å². The quantitative estimate of drug-likeness (QED) is 0.259. The number of halogens is 6. The summed E-state index contributed by atoms with van der Waals surface area (Å²) in [6.07, 6.45) is -6.80. The van der Waals surface area contributed by atoms with Gasteiger partial charge in [-0.2, -0.15) is 26.3 Å². The van der Waals surface area contributed by atoms with Gasteiger partial charge in [0.2, 0.25) is 33.3 Å². The lowest BCUT2D eigenvalue weighted by Crippen LogP contribution is -2.59. The van der Waals surface area contributed by atoms with Gasteiger partial charge in [0.05, 0.1) is 11.3 Å². The molecule has 3 heterocycles. The molecule has 20 heteroatoms. The molecule has 1 saturated heterocycles. The van der Waals surface area contributed by atoms with Crippen molar-refractivity contribution in [2.24, 2.45) is 17.8 Å². The first kappa shape index (κ1) is 42.1. The average Bonchev–Trinajstić information content (AvgIpc) is 3.94. The number of hydrogen-bond donors (Lipinski definition) is 3. The molecule has 5 rings (SSSR count). The first-order chi connectivity index (χ1) is 25.3. The minimum atomic E-state index is -4.98. The summed E-state index contributed by atoms with van der Waals surface area (Å²) in [5.74, 6) is -5.35. The summed E-state index contributed by atoms with van der Waals surface area (Å²) in [4.78, 5) is 60.1. The number of nitrogens with zero attached hydrogens (tertiary/aromatic N) is 2. The van der Waals surface area contributed by atoms with Crippen LogP contribution in [0.25, 0.3) is 0 Å². The van der Waals surface area contributed by atoms with Crippen molar-refractivity contribution >= 4 is 33.8 Å². The Bertz CT molecular complexity index is 1820. The van der Waals surface area contributed by atoms with E-state index >= 15 is 0 Å². The van der Waals surface area contributed by atoms with Crippen molar-refractivity contribution in [3.8, 4) is 5.88 Å². The van der Waals surface area contributed by atoms with Gasteiger partial charge in [0.1, 0.15) is 29.3 Å². The van der Waals surface area contributed by atoms with E-state index in [2.05, 4.69) is 20.3 Å². The second-order valence-electron chi connectivity index (χ2n) is 15.8. The molecule has 1 aromatic rings. The van der Waals surface area contributed by atoms with Crippen molar-refractivity contribution in [1.29, 1.82) is 0 Å². The van der Waals surface area contributed by atoms with E-state index in [1.807, 2.05) is 6.92 Å². The van der Waals surface area contributed by atoms with Gasteiger partial charge in [0.25, 0.3) is 5.91 Å². The van der Waals surface area contributed by atoms with Crippen molar-refractivity contribution in [3.05, 3.63) is 36.0 Å². The Labute approximate surface area is 314 Å². The Hall–Kier alpha value is -4.10. The number of fused-ring (bicyclic) bond motifs is 2. The molecule has 4 aliphatic rings. The third-order valence-electron chi connectivity index (χ3n) is 10.9. The average molecular weight is 810 g/mol. The highest BCUT2D eigenvalue weighted by molar-refractivity contribution is 7.91. The molecule has 55 heavy (non-hydrogen) atoms. The highest BCUT2D eigenvalue weighted by Gasteiger charge is 2.63. The molecule has 2 saturated carbocycles. The maximum absolute atomic E-state index is 14.5. The fourth-order valence-electron chi connectivity index (χ4n) is 6.90. The second-order valence-corrected chi connectivity index (χ2v) is 18.0. The number of aromatic nitrogens is 1. The molecule has 0 unspecified atom stereocenters. The molecule has 3 N–H and O–H groups in total. The Balaban J connectivity index is 1.51. The number of nitrogens with one attached hydrogen (secondary N) is 3. The zero-order chi connectivity index (χ0) is 40.9. The van der Waals surface area contributed by atoms with Crippen molar-refractivity contribution in [3.63, 3.8) is 0 Å². The Morgan fingerprint density at radius 3 is 2.36 bits per heavy atom. The highest BCUT2D eigenvalue weighted by Crippen LogP contribution is 2.48. The number of hydrogen-bond acceptors (Lipinski definition) is 9. The minimum absolute atomic E-state index is 0.00558. The van der Waals surface area contributed by atoms with E-state index in [0.717, 1.165) is 23.2 Å². The Morgan fingerprint density at radius 2 is 1.75 bits per heavy atom. The SMILES string of the molecule is C[C@@H]1CC/C=C\[C@@H]2C[C@@]2(C(=O)NS(=O)(=O)C2(C)CC2)NC(=O)[C@@H]2C[C@@H](Oc3ncccc3C(F)(F)F)CN2C(=O)[C@@H](NC(=O)OC(C)(C)C(F)(F)F)[C@H](C)C1. The van der Waals surface area contributed by atoms with Crippen molar-refractivity contribution < 1.29 is 63.4 Å². The van der Waals surface area contributed by atoms with E-state index in [-0.39, 0.29) is 18.8 Å². The van der Waals surface area contributed by atoms with Gasteiger partial charge in [-0.05, 0) is 83.3 Å². The lowest BCUT2D eigenvalue weighted by atomic mass is 9.88. The van der Waals surface area contributed by atoms with Crippen LogP contribution in [-0.2, 0) is 35.3 Å². The summed E-state index contributed by atoms with van der Waals surface area (Å²) in [6.45, 7) is 5.59. The number of rotatable bonds is 7. The summed E-state index contributed by atoms with van der Waals surface area (Å²) >= 11 is 0. The lowest BCUT2D eigenvalue weighted by molar-refractivity contribution is -0.244. The summed E-state index contributed by atoms with van der Waals surface area (Å²) in [5.41, 5.74) is -5.97. The normalized spacial score (nSPS) is 30.7. The zero-order valence-corrected chi connectivity index (χ0v) is 31.7. The zero-order valence-electron chi connectivity index (χ0n) is 30.8. The smallest absolute Gasteiger partial charge is 0.427 e. The van der Waals surface area contributed by atoms with E-state index in [4.69, 9.17) is 9.47 Å². The molecule has 4 amide bonds. The molecule has 1 aromatic heterocycles. The van der Waals surface area contributed by atoms with Crippen LogP contribution in [0.4, 0.5) is 31.1 Å². The van der Waals surface area contributed by atoms with Crippen LogP contribution in [0.15, 0.2) is 30.5 Å². The number of pyridine rings is 1. The monoisotopic (exact) mass is 809 g/mol.